The SMILES string of the molecule is O=COCc1ccc(Br)cc1F. The van der Waals surface area contributed by atoms with Crippen molar-refractivity contribution in [3.8, 4) is 0 Å². The van der Waals surface area contributed by atoms with Crippen molar-refractivity contribution in [2.24, 2.45) is 0 Å². The Balaban J connectivity index is 2.78. The number of benzene rings is 1. The van der Waals surface area contributed by atoms with Crippen LogP contribution in [0.4, 0.5) is 4.39 Å². The van der Waals surface area contributed by atoms with Crippen LogP contribution < -0.4 is 0 Å². The van der Waals surface area contributed by atoms with E-state index in [0.717, 1.165) is 0 Å². The van der Waals surface area contributed by atoms with E-state index < -0.39 is 0 Å². The minimum absolute atomic E-state index is 0.0252. The van der Waals surface area contributed by atoms with Gasteiger partial charge in [-0.15, -0.1) is 0 Å². The molecular weight excluding hydrogens is 227 g/mol. The van der Waals surface area contributed by atoms with Crippen LogP contribution in [0, 0.1) is 5.82 Å². The molecule has 0 heterocycles. The van der Waals surface area contributed by atoms with E-state index in [2.05, 4.69) is 20.7 Å². The lowest BCUT2D eigenvalue weighted by Gasteiger charge is -2.00. The number of hydrogen-bond acceptors (Lipinski definition) is 2. The molecule has 1 aromatic carbocycles. The van der Waals surface area contributed by atoms with E-state index in [0.29, 0.717) is 16.5 Å². The van der Waals surface area contributed by atoms with Gasteiger partial charge in [-0.05, 0) is 12.1 Å². The second kappa shape index (κ2) is 4.21. The van der Waals surface area contributed by atoms with Crippen LogP contribution in [0.15, 0.2) is 22.7 Å². The lowest BCUT2D eigenvalue weighted by Crippen LogP contribution is -1.93. The lowest BCUT2D eigenvalue weighted by molar-refractivity contribution is -0.129. The summed E-state index contributed by atoms with van der Waals surface area (Å²) in [6.45, 7) is 0.268. The molecule has 0 aromatic heterocycles. The van der Waals surface area contributed by atoms with Gasteiger partial charge in [0.15, 0.2) is 0 Å². The molecule has 1 aromatic rings. The molecule has 0 bridgehead atoms. The maximum Gasteiger partial charge on any atom is 0.293 e. The number of hydrogen-bond donors (Lipinski definition) is 0. The highest BCUT2D eigenvalue weighted by Crippen LogP contribution is 2.15. The summed E-state index contributed by atoms with van der Waals surface area (Å²) in [5.74, 6) is -0.383. The first kappa shape index (κ1) is 9.19. The number of carbonyl (C=O) groups is 1. The minimum atomic E-state index is -0.383. The Morgan fingerprint density at radius 2 is 2.33 bits per heavy atom. The van der Waals surface area contributed by atoms with Crippen LogP contribution in [0.2, 0.25) is 0 Å². The average Bonchev–Trinajstić information content (AvgIpc) is 2.03. The summed E-state index contributed by atoms with van der Waals surface area (Å²) >= 11 is 3.11. The van der Waals surface area contributed by atoms with Crippen molar-refractivity contribution in [1.82, 2.24) is 0 Å². The standard InChI is InChI=1S/C8H6BrFO2/c9-7-2-1-6(4-12-5-11)8(10)3-7/h1-3,5H,4H2. The summed E-state index contributed by atoms with van der Waals surface area (Å²) in [6, 6.07) is 4.57. The largest absolute Gasteiger partial charge is 0.463 e. The van der Waals surface area contributed by atoms with Gasteiger partial charge < -0.3 is 4.74 Å². The molecule has 0 aliphatic rings. The van der Waals surface area contributed by atoms with E-state index >= 15 is 0 Å². The molecule has 12 heavy (non-hydrogen) atoms. The van der Waals surface area contributed by atoms with Gasteiger partial charge in [-0.1, -0.05) is 22.0 Å². The third kappa shape index (κ3) is 2.30. The van der Waals surface area contributed by atoms with Crippen molar-refractivity contribution in [1.29, 1.82) is 0 Å². The molecule has 0 N–H and O–H groups in total. The lowest BCUT2D eigenvalue weighted by atomic mass is 10.2. The molecule has 0 saturated carbocycles. The quantitative estimate of drug-likeness (QED) is 0.748. The van der Waals surface area contributed by atoms with Gasteiger partial charge in [-0.2, -0.15) is 0 Å². The van der Waals surface area contributed by atoms with E-state index in [1.807, 2.05) is 0 Å². The smallest absolute Gasteiger partial charge is 0.293 e. The first-order valence-electron chi connectivity index (χ1n) is 3.23. The topological polar surface area (TPSA) is 26.3 Å². The normalized spacial score (nSPS) is 9.50. The third-order valence-electron chi connectivity index (χ3n) is 1.32. The van der Waals surface area contributed by atoms with Crippen LogP contribution in [0.5, 0.6) is 0 Å². The monoisotopic (exact) mass is 232 g/mol. The van der Waals surface area contributed by atoms with Crippen LogP contribution in [0.25, 0.3) is 0 Å². The van der Waals surface area contributed by atoms with E-state index in [1.54, 1.807) is 12.1 Å². The minimum Gasteiger partial charge on any atom is -0.463 e. The van der Waals surface area contributed by atoms with Crippen LogP contribution >= 0.6 is 15.9 Å². The van der Waals surface area contributed by atoms with E-state index in [4.69, 9.17) is 0 Å². The highest BCUT2D eigenvalue weighted by molar-refractivity contribution is 9.10. The van der Waals surface area contributed by atoms with Crippen LogP contribution in [0.3, 0.4) is 0 Å². The molecule has 0 unspecified atom stereocenters. The van der Waals surface area contributed by atoms with Crippen LogP contribution in [0.1, 0.15) is 5.56 Å². The molecule has 2 nitrogen and oxygen atoms in total. The number of halogens is 2. The Kier molecular flexibility index (Phi) is 3.22. The predicted octanol–water partition coefficient (Wildman–Crippen LogP) is 2.26. The van der Waals surface area contributed by atoms with Crippen molar-refractivity contribution in [2.75, 3.05) is 0 Å². The molecule has 0 aliphatic heterocycles. The summed E-state index contributed by atoms with van der Waals surface area (Å²) in [5.41, 5.74) is 0.366. The molecular formula is C8H6BrFO2. The van der Waals surface area contributed by atoms with Crippen molar-refractivity contribution >= 4 is 22.4 Å². The van der Waals surface area contributed by atoms with E-state index in [9.17, 15) is 9.18 Å². The third-order valence-corrected chi connectivity index (χ3v) is 1.82. The molecule has 4 heteroatoms. The van der Waals surface area contributed by atoms with Gasteiger partial charge >= 0.3 is 0 Å². The molecule has 1 rings (SSSR count). The fourth-order valence-corrected chi connectivity index (χ4v) is 1.10. The van der Waals surface area contributed by atoms with Gasteiger partial charge in [0, 0.05) is 10.0 Å². The van der Waals surface area contributed by atoms with Gasteiger partial charge in [-0.3, -0.25) is 4.79 Å². The van der Waals surface area contributed by atoms with Gasteiger partial charge in [-0.25, -0.2) is 4.39 Å². The summed E-state index contributed by atoms with van der Waals surface area (Å²) in [4.78, 5) is 9.80. The van der Waals surface area contributed by atoms with Crippen LogP contribution in [-0.4, -0.2) is 6.47 Å². The van der Waals surface area contributed by atoms with Gasteiger partial charge in [0.1, 0.15) is 12.4 Å². The van der Waals surface area contributed by atoms with E-state index in [-0.39, 0.29) is 12.4 Å². The molecule has 0 spiro atoms. The summed E-state index contributed by atoms with van der Waals surface area (Å²) in [5, 5.41) is 0. The Morgan fingerprint density at radius 3 is 2.92 bits per heavy atom. The number of ether oxygens (including phenoxy) is 1. The second-order valence-corrected chi connectivity index (χ2v) is 3.06. The Labute approximate surface area is 77.5 Å². The second-order valence-electron chi connectivity index (χ2n) is 2.14. The highest BCUT2D eigenvalue weighted by Gasteiger charge is 2.01. The Hall–Kier alpha value is -0.900. The molecule has 0 atom stereocenters. The van der Waals surface area contributed by atoms with Crippen molar-refractivity contribution < 1.29 is 13.9 Å². The molecule has 0 aliphatic carbocycles. The van der Waals surface area contributed by atoms with E-state index in [1.165, 1.54) is 6.07 Å². The molecule has 0 radical (unpaired) electrons. The summed E-state index contributed by atoms with van der Waals surface area (Å²) in [6.07, 6.45) is 0. The van der Waals surface area contributed by atoms with Crippen LogP contribution in [-0.2, 0) is 16.1 Å². The fraction of sp³-hybridized carbons (Fsp3) is 0.125. The summed E-state index contributed by atoms with van der Waals surface area (Å²) < 4.78 is 18.0. The van der Waals surface area contributed by atoms with Gasteiger partial charge in [0.25, 0.3) is 6.47 Å². The van der Waals surface area contributed by atoms with Crippen molar-refractivity contribution in [3.63, 3.8) is 0 Å². The maximum atomic E-state index is 12.9. The zero-order valence-corrected chi connectivity index (χ0v) is 7.67. The van der Waals surface area contributed by atoms with Crippen molar-refractivity contribution in [3.05, 3.63) is 34.1 Å². The molecule has 64 valence electrons. The maximum absolute atomic E-state index is 12.9. The summed E-state index contributed by atoms with van der Waals surface area (Å²) in [7, 11) is 0. The Bertz CT molecular complexity index is 288. The fourth-order valence-electron chi connectivity index (χ4n) is 0.763. The number of rotatable bonds is 3. The predicted molar refractivity (Wildman–Crippen MR) is 45.0 cm³/mol. The molecule has 0 fully saturated rings. The highest BCUT2D eigenvalue weighted by atomic mass is 79.9. The first-order valence-corrected chi connectivity index (χ1v) is 4.02. The molecule has 0 saturated heterocycles. The zero-order chi connectivity index (χ0) is 8.97. The van der Waals surface area contributed by atoms with Gasteiger partial charge in [0.2, 0.25) is 0 Å². The van der Waals surface area contributed by atoms with Gasteiger partial charge in [0.05, 0.1) is 0 Å². The average molecular weight is 233 g/mol. The zero-order valence-electron chi connectivity index (χ0n) is 6.09. The number of carbonyl (C=O) groups excluding carboxylic acids is 1. The van der Waals surface area contributed by atoms with Crippen molar-refractivity contribution in [2.45, 2.75) is 6.61 Å². The Morgan fingerprint density at radius 1 is 1.58 bits per heavy atom. The first-order chi connectivity index (χ1) is 5.74. The molecule has 0 amide bonds.